The van der Waals surface area contributed by atoms with Crippen LogP contribution in [0.4, 0.5) is 13.2 Å². The summed E-state index contributed by atoms with van der Waals surface area (Å²) in [5, 5.41) is 0. The van der Waals surface area contributed by atoms with Gasteiger partial charge in [0.1, 0.15) is 12.4 Å². The molecule has 0 saturated carbocycles. The molecule has 1 fully saturated rings. The van der Waals surface area contributed by atoms with E-state index in [9.17, 15) is 27.6 Å². The predicted octanol–water partition coefficient (Wildman–Crippen LogP) is 3.57. The van der Waals surface area contributed by atoms with E-state index in [0.717, 1.165) is 7.11 Å². The Morgan fingerprint density at radius 1 is 1.00 bits per heavy atom. The number of methoxy groups -OCH3 is 1. The number of carbonyl (C=O) groups excluding carboxylic acids is 3. The maximum atomic E-state index is 14.2. The Morgan fingerprint density at radius 3 is 2.03 bits per heavy atom. The molecule has 0 aromatic heterocycles. The highest BCUT2D eigenvalue weighted by Gasteiger charge is 2.73. The van der Waals surface area contributed by atoms with E-state index in [1.807, 2.05) is 0 Å². The van der Waals surface area contributed by atoms with Gasteiger partial charge in [0.15, 0.2) is 12.6 Å². The topological polar surface area (TPSA) is 78.9 Å². The molecule has 0 amide bonds. The first kappa shape index (κ1) is 20.7. The summed E-state index contributed by atoms with van der Waals surface area (Å²) in [4.78, 5) is 35.1. The van der Waals surface area contributed by atoms with Crippen LogP contribution in [0.3, 0.4) is 0 Å². The molecule has 0 spiro atoms. The Labute approximate surface area is 163 Å². The Hall–Kier alpha value is -3.04. The Morgan fingerprint density at radius 2 is 1.52 bits per heavy atom. The Bertz CT molecular complexity index is 942. The van der Waals surface area contributed by atoms with Crippen LogP contribution < -0.4 is 0 Å². The van der Waals surface area contributed by atoms with Crippen LogP contribution in [0.1, 0.15) is 44.2 Å². The van der Waals surface area contributed by atoms with Crippen molar-refractivity contribution in [2.24, 2.45) is 0 Å². The van der Waals surface area contributed by atoms with Crippen molar-refractivity contribution in [1.82, 2.24) is 0 Å². The summed E-state index contributed by atoms with van der Waals surface area (Å²) in [5.74, 6) is -1.73. The van der Waals surface area contributed by atoms with Gasteiger partial charge < -0.3 is 14.2 Å². The van der Waals surface area contributed by atoms with E-state index >= 15 is 0 Å². The molecule has 3 atom stereocenters. The van der Waals surface area contributed by atoms with Gasteiger partial charge in [-0.25, -0.2) is 4.79 Å². The van der Waals surface area contributed by atoms with Crippen molar-refractivity contribution in [3.8, 4) is 0 Å². The summed E-state index contributed by atoms with van der Waals surface area (Å²) in [6, 6.07) is 11.1. The monoisotopic (exact) mass is 408 g/mol. The molecule has 6 nitrogen and oxygen atoms in total. The van der Waals surface area contributed by atoms with Crippen LogP contribution in [-0.2, 0) is 19.0 Å². The fourth-order valence-corrected chi connectivity index (χ4v) is 3.23. The van der Waals surface area contributed by atoms with Crippen molar-refractivity contribution < 1.29 is 41.8 Å². The maximum absolute atomic E-state index is 14.2. The number of hydrogen-bond donors (Lipinski definition) is 0. The van der Waals surface area contributed by atoms with Gasteiger partial charge in [0, 0.05) is 16.7 Å². The molecule has 0 radical (unpaired) electrons. The zero-order valence-corrected chi connectivity index (χ0v) is 15.0. The van der Waals surface area contributed by atoms with Gasteiger partial charge in [0.05, 0.1) is 7.11 Å². The lowest BCUT2D eigenvalue weighted by Crippen LogP contribution is -2.56. The first-order valence-electron chi connectivity index (χ1n) is 8.36. The zero-order valence-electron chi connectivity index (χ0n) is 15.0. The smallest absolute Gasteiger partial charge is 0.431 e. The van der Waals surface area contributed by atoms with Gasteiger partial charge in [-0.05, 0) is 5.56 Å². The minimum Gasteiger partial charge on any atom is -0.467 e. The second kappa shape index (κ2) is 7.76. The number of alkyl halides is 3. The molecule has 3 rings (SSSR count). The van der Waals surface area contributed by atoms with Gasteiger partial charge >= 0.3 is 12.1 Å². The molecular weight excluding hydrogens is 393 g/mol. The predicted molar refractivity (Wildman–Crippen MR) is 92.1 cm³/mol. The number of benzene rings is 2. The lowest BCUT2D eigenvalue weighted by atomic mass is 9.88. The largest absolute Gasteiger partial charge is 0.467 e. The van der Waals surface area contributed by atoms with E-state index in [-0.39, 0.29) is 22.3 Å². The number of aldehydes is 2. The quantitative estimate of drug-likeness (QED) is 0.556. The summed E-state index contributed by atoms with van der Waals surface area (Å²) < 4.78 is 57.8. The molecule has 0 aliphatic carbocycles. The number of rotatable bonds is 5. The van der Waals surface area contributed by atoms with E-state index in [1.54, 1.807) is 0 Å². The van der Waals surface area contributed by atoms with Gasteiger partial charge in [-0.3, -0.25) is 9.59 Å². The second-order valence-electron chi connectivity index (χ2n) is 6.18. The Kier molecular flexibility index (Phi) is 5.54. The summed E-state index contributed by atoms with van der Waals surface area (Å²) in [7, 11) is 0.786. The zero-order chi connectivity index (χ0) is 21.2. The Balaban J connectivity index is 2.23. The lowest BCUT2D eigenvalue weighted by Gasteiger charge is -2.32. The van der Waals surface area contributed by atoms with Crippen molar-refractivity contribution in [2.75, 3.05) is 7.11 Å². The van der Waals surface area contributed by atoms with Gasteiger partial charge in [-0.1, -0.05) is 48.5 Å². The van der Waals surface area contributed by atoms with Crippen LogP contribution >= 0.6 is 0 Å². The molecule has 2 aromatic rings. The summed E-state index contributed by atoms with van der Waals surface area (Å²) in [6.07, 6.45) is -8.22. The fraction of sp³-hybridized carbons (Fsp3) is 0.250. The maximum Gasteiger partial charge on any atom is 0.431 e. The van der Waals surface area contributed by atoms with Gasteiger partial charge in [0.25, 0.3) is 5.60 Å². The summed E-state index contributed by atoms with van der Waals surface area (Å²) >= 11 is 0. The van der Waals surface area contributed by atoms with Crippen molar-refractivity contribution in [1.29, 1.82) is 0 Å². The SMILES string of the molecule is COC(=O)[C@@]1(C(F)(F)F)O[C@H](c2ccccc2C=O)O[C@H]1c1ccccc1C=O. The number of esters is 1. The summed E-state index contributed by atoms with van der Waals surface area (Å²) in [5.41, 5.74) is -3.81. The van der Waals surface area contributed by atoms with E-state index in [1.165, 1.54) is 48.5 Å². The standard InChI is InChI=1S/C20H15F3O6/c1-27-18(26)19(20(21,22)23)16(14-8-4-2-6-12(14)10-24)28-17(29-19)15-9-5-3-7-13(15)11-25/h2-11,16-17H,1H3/t16-,17+,19-/m0/s1. The highest BCUT2D eigenvalue weighted by molar-refractivity contribution is 5.84. The van der Waals surface area contributed by atoms with Crippen LogP contribution in [-0.4, -0.2) is 37.4 Å². The molecule has 1 aliphatic rings. The average Bonchev–Trinajstić information content (AvgIpc) is 3.14. The van der Waals surface area contributed by atoms with Gasteiger partial charge in [-0.2, -0.15) is 13.2 Å². The van der Waals surface area contributed by atoms with Crippen molar-refractivity contribution in [3.05, 3.63) is 70.8 Å². The molecule has 9 heteroatoms. The highest BCUT2D eigenvalue weighted by Crippen LogP contribution is 2.55. The van der Waals surface area contributed by atoms with E-state index in [0.29, 0.717) is 12.6 Å². The third-order valence-electron chi connectivity index (χ3n) is 4.61. The molecule has 2 aromatic carbocycles. The molecule has 0 bridgehead atoms. The molecule has 1 aliphatic heterocycles. The second-order valence-corrected chi connectivity index (χ2v) is 6.18. The number of halogens is 3. The minimum atomic E-state index is -5.26. The van der Waals surface area contributed by atoms with Gasteiger partial charge in [-0.15, -0.1) is 0 Å². The van der Waals surface area contributed by atoms with E-state index in [2.05, 4.69) is 4.74 Å². The van der Waals surface area contributed by atoms with Crippen molar-refractivity contribution in [3.63, 3.8) is 0 Å². The van der Waals surface area contributed by atoms with Crippen molar-refractivity contribution in [2.45, 2.75) is 24.2 Å². The normalized spacial score (nSPS) is 24.1. The average molecular weight is 408 g/mol. The number of hydrogen-bond acceptors (Lipinski definition) is 6. The first-order valence-corrected chi connectivity index (χ1v) is 8.36. The van der Waals surface area contributed by atoms with E-state index in [4.69, 9.17) is 9.47 Å². The molecule has 1 heterocycles. The molecule has 29 heavy (non-hydrogen) atoms. The molecular formula is C20H15F3O6. The molecule has 0 N–H and O–H groups in total. The van der Waals surface area contributed by atoms with Crippen LogP contribution in [0.2, 0.25) is 0 Å². The third-order valence-corrected chi connectivity index (χ3v) is 4.61. The van der Waals surface area contributed by atoms with Crippen LogP contribution in [0.15, 0.2) is 48.5 Å². The fourth-order valence-electron chi connectivity index (χ4n) is 3.23. The van der Waals surface area contributed by atoms with Crippen molar-refractivity contribution >= 4 is 18.5 Å². The number of ether oxygens (including phenoxy) is 3. The highest BCUT2D eigenvalue weighted by atomic mass is 19.4. The first-order chi connectivity index (χ1) is 13.8. The van der Waals surface area contributed by atoms with Gasteiger partial charge in [0.2, 0.25) is 0 Å². The van der Waals surface area contributed by atoms with Crippen LogP contribution in [0.5, 0.6) is 0 Å². The van der Waals surface area contributed by atoms with Crippen LogP contribution in [0.25, 0.3) is 0 Å². The molecule has 152 valence electrons. The third kappa shape index (κ3) is 3.32. The lowest BCUT2D eigenvalue weighted by molar-refractivity contribution is -0.275. The van der Waals surface area contributed by atoms with E-state index < -0.39 is 30.1 Å². The number of carbonyl (C=O) groups is 3. The molecule has 1 saturated heterocycles. The minimum absolute atomic E-state index is 0.00566. The van der Waals surface area contributed by atoms with Crippen LogP contribution in [0, 0.1) is 0 Å². The molecule has 0 unspecified atom stereocenters. The summed E-state index contributed by atoms with van der Waals surface area (Å²) in [6.45, 7) is 0.